The number of nitrogen functional groups attached to an aromatic ring is 1. The number of nitrogens with two attached hydrogens (primary N) is 1. The van der Waals surface area contributed by atoms with Gasteiger partial charge in [0.25, 0.3) is 5.91 Å². The Balaban J connectivity index is 2.15. The monoisotopic (exact) mass is 247 g/mol. The second-order valence-corrected chi connectivity index (χ2v) is 5.09. The van der Waals surface area contributed by atoms with Crippen molar-refractivity contribution in [2.24, 2.45) is 5.92 Å². The van der Waals surface area contributed by atoms with Crippen LogP contribution in [-0.4, -0.2) is 28.9 Å². The van der Waals surface area contributed by atoms with Crippen molar-refractivity contribution in [3.05, 3.63) is 23.4 Å². The molecule has 1 amide bonds. The third kappa shape index (κ3) is 2.81. The minimum absolute atomic E-state index is 0.0883. The highest BCUT2D eigenvalue weighted by molar-refractivity contribution is 5.95. The Labute approximate surface area is 108 Å². The van der Waals surface area contributed by atoms with Gasteiger partial charge in [0.1, 0.15) is 5.82 Å². The molecule has 2 rings (SSSR count). The molecule has 0 aliphatic carbocycles. The van der Waals surface area contributed by atoms with Crippen molar-refractivity contribution in [2.45, 2.75) is 33.1 Å². The van der Waals surface area contributed by atoms with Crippen LogP contribution in [0.5, 0.6) is 0 Å². The van der Waals surface area contributed by atoms with Gasteiger partial charge >= 0.3 is 0 Å². The summed E-state index contributed by atoms with van der Waals surface area (Å²) in [7, 11) is 0. The van der Waals surface area contributed by atoms with Crippen LogP contribution in [0.4, 0.5) is 5.82 Å². The molecule has 2 heterocycles. The molecule has 4 nitrogen and oxygen atoms in total. The van der Waals surface area contributed by atoms with Crippen LogP contribution in [0, 0.1) is 12.8 Å². The lowest BCUT2D eigenvalue weighted by Gasteiger charge is -2.32. The molecule has 1 aliphatic heterocycles. The van der Waals surface area contributed by atoms with Gasteiger partial charge in [0.2, 0.25) is 0 Å². The van der Waals surface area contributed by atoms with Gasteiger partial charge in [0, 0.05) is 24.3 Å². The molecule has 98 valence electrons. The zero-order valence-electron chi connectivity index (χ0n) is 11.1. The summed E-state index contributed by atoms with van der Waals surface area (Å²) in [6, 6.07) is 3.49. The Morgan fingerprint density at radius 2 is 2.33 bits per heavy atom. The first-order valence-corrected chi connectivity index (χ1v) is 6.63. The number of amides is 1. The first-order valence-electron chi connectivity index (χ1n) is 6.63. The third-order valence-corrected chi connectivity index (χ3v) is 3.60. The highest BCUT2D eigenvalue weighted by atomic mass is 16.2. The van der Waals surface area contributed by atoms with Crippen molar-refractivity contribution in [2.75, 3.05) is 18.8 Å². The molecule has 0 saturated carbocycles. The second kappa shape index (κ2) is 5.38. The van der Waals surface area contributed by atoms with Gasteiger partial charge < -0.3 is 10.6 Å². The van der Waals surface area contributed by atoms with E-state index in [-0.39, 0.29) is 5.91 Å². The number of nitrogens with zero attached hydrogens (tertiary/aromatic N) is 2. The SMILES string of the molecule is CCC1CCCN(C(=O)c2cc(C)nc(N)c2)C1. The van der Waals surface area contributed by atoms with Crippen LogP contribution in [0.2, 0.25) is 0 Å². The number of hydrogen-bond acceptors (Lipinski definition) is 3. The number of hydrogen-bond donors (Lipinski definition) is 1. The van der Waals surface area contributed by atoms with Gasteiger partial charge in [-0.1, -0.05) is 13.3 Å². The fourth-order valence-electron chi connectivity index (χ4n) is 2.58. The Morgan fingerprint density at radius 3 is 3.00 bits per heavy atom. The molecule has 1 aliphatic rings. The number of carbonyl (C=O) groups is 1. The van der Waals surface area contributed by atoms with Gasteiger partial charge in [-0.15, -0.1) is 0 Å². The Bertz CT molecular complexity index is 424. The summed E-state index contributed by atoms with van der Waals surface area (Å²) in [6.07, 6.45) is 3.48. The molecular weight excluding hydrogens is 226 g/mol. The van der Waals surface area contributed by atoms with E-state index in [1.807, 2.05) is 17.9 Å². The van der Waals surface area contributed by atoms with E-state index in [4.69, 9.17) is 5.73 Å². The average Bonchev–Trinajstić information content (AvgIpc) is 2.37. The summed E-state index contributed by atoms with van der Waals surface area (Å²) in [4.78, 5) is 18.5. The molecule has 2 N–H and O–H groups in total. The van der Waals surface area contributed by atoms with Gasteiger partial charge in [-0.25, -0.2) is 4.98 Å². The maximum Gasteiger partial charge on any atom is 0.254 e. The Hall–Kier alpha value is -1.58. The zero-order chi connectivity index (χ0) is 13.1. The Kier molecular flexibility index (Phi) is 3.84. The average molecular weight is 247 g/mol. The first-order chi connectivity index (χ1) is 8.60. The fourth-order valence-corrected chi connectivity index (χ4v) is 2.58. The predicted octanol–water partition coefficient (Wildman–Crippen LogP) is 2.23. The number of rotatable bonds is 2. The third-order valence-electron chi connectivity index (χ3n) is 3.60. The smallest absolute Gasteiger partial charge is 0.254 e. The molecule has 1 aromatic heterocycles. The molecule has 1 aromatic rings. The van der Waals surface area contributed by atoms with E-state index in [0.717, 1.165) is 31.6 Å². The number of pyridine rings is 1. The first kappa shape index (κ1) is 12.9. The molecular formula is C14H21N3O. The molecule has 1 unspecified atom stereocenters. The summed E-state index contributed by atoms with van der Waals surface area (Å²) in [5, 5.41) is 0. The van der Waals surface area contributed by atoms with Crippen LogP contribution in [0.1, 0.15) is 42.2 Å². The van der Waals surface area contributed by atoms with E-state index >= 15 is 0 Å². The van der Waals surface area contributed by atoms with Crippen LogP contribution in [0.15, 0.2) is 12.1 Å². The number of piperidine rings is 1. The maximum absolute atomic E-state index is 12.4. The van der Waals surface area contributed by atoms with Gasteiger partial charge in [0.15, 0.2) is 0 Å². The van der Waals surface area contributed by atoms with E-state index in [9.17, 15) is 4.79 Å². The fraction of sp³-hybridized carbons (Fsp3) is 0.571. The normalized spacial score (nSPS) is 19.9. The van der Waals surface area contributed by atoms with Crippen molar-refractivity contribution in [1.29, 1.82) is 0 Å². The molecule has 0 aromatic carbocycles. The van der Waals surface area contributed by atoms with Crippen molar-refractivity contribution in [1.82, 2.24) is 9.88 Å². The van der Waals surface area contributed by atoms with Crippen LogP contribution < -0.4 is 5.73 Å². The summed E-state index contributed by atoms with van der Waals surface area (Å²) >= 11 is 0. The quantitative estimate of drug-likeness (QED) is 0.871. The van der Waals surface area contributed by atoms with Crippen molar-refractivity contribution >= 4 is 11.7 Å². The standard InChI is InChI=1S/C14H21N3O/c1-3-11-5-4-6-17(9-11)14(18)12-7-10(2)16-13(15)8-12/h7-8,11H,3-6,9H2,1-2H3,(H2,15,16). The summed E-state index contributed by atoms with van der Waals surface area (Å²) in [5.41, 5.74) is 7.16. The zero-order valence-corrected chi connectivity index (χ0v) is 11.1. The molecule has 0 radical (unpaired) electrons. The van der Waals surface area contributed by atoms with Gasteiger partial charge in [-0.3, -0.25) is 4.79 Å². The highest BCUT2D eigenvalue weighted by Gasteiger charge is 2.23. The molecule has 18 heavy (non-hydrogen) atoms. The van der Waals surface area contributed by atoms with Gasteiger partial charge in [-0.05, 0) is 37.8 Å². The van der Waals surface area contributed by atoms with E-state index in [1.165, 1.54) is 6.42 Å². The van der Waals surface area contributed by atoms with Crippen LogP contribution in [-0.2, 0) is 0 Å². The lowest BCUT2D eigenvalue weighted by molar-refractivity contribution is 0.0671. The summed E-state index contributed by atoms with van der Waals surface area (Å²) in [5.74, 6) is 1.15. The number of aromatic nitrogens is 1. The van der Waals surface area contributed by atoms with Crippen LogP contribution in [0.3, 0.4) is 0 Å². The number of anilines is 1. The molecule has 0 bridgehead atoms. The summed E-state index contributed by atoms with van der Waals surface area (Å²) < 4.78 is 0. The molecule has 1 atom stereocenters. The second-order valence-electron chi connectivity index (χ2n) is 5.09. The summed E-state index contributed by atoms with van der Waals surface area (Å²) in [6.45, 7) is 5.78. The van der Waals surface area contributed by atoms with E-state index in [2.05, 4.69) is 11.9 Å². The maximum atomic E-state index is 12.4. The van der Waals surface area contributed by atoms with E-state index in [0.29, 0.717) is 17.3 Å². The Morgan fingerprint density at radius 1 is 1.56 bits per heavy atom. The lowest BCUT2D eigenvalue weighted by Crippen LogP contribution is -2.39. The van der Waals surface area contributed by atoms with Crippen LogP contribution in [0.25, 0.3) is 0 Å². The van der Waals surface area contributed by atoms with Crippen molar-refractivity contribution in [3.63, 3.8) is 0 Å². The number of aryl methyl sites for hydroxylation is 1. The van der Waals surface area contributed by atoms with Crippen molar-refractivity contribution < 1.29 is 4.79 Å². The van der Waals surface area contributed by atoms with Gasteiger partial charge in [-0.2, -0.15) is 0 Å². The minimum atomic E-state index is 0.0883. The molecule has 1 saturated heterocycles. The molecule has 0 spiro atoms. The predicted molar refractivity (Wildman–Crippen MR) is 72.3 cm³/mol. The number of carbonyl (C=O) groups excluding carboxylic acids is 1. The highest BCUT2D eigenvalue weighted by Crippen LogP contribution is 2.21. The largest absolute Gasteiger partial charge is 0.384 e. The van der Waals surface area contributed by atoms with Crippen LogP contribution >= 0.6 is 0 Å². The van der Waals surface area contributed by atoms with E-state index in [1.54, 1.807) is 6.07 Å². The van der Waals surface area contributed by atoms with Crippen molar-refractivity contribution in [3.8, 4) is 0 Å². The molecule has 4 heteroatoms. The topological polar surface area (TPSA) is 59.2 Å². The van der Waals surface area contributed by atoms with Gasteiger partial charge in [0.05, 0.1) is 0 Å². The molecule has 1 fully saturated rings. The lowest BCUT2D eigenvalue weighted by atomic mass is 9.95. The minimum Gasteiger partial charge on any atom is -0.384 e. The van der Waals surface area contributed by atoms with E-state index < -0.39 is 0 Å². The number of likely N-dealkylation sites (tertiary alicyclic amines) is 1.